The predicted octanol–water partition coefficient (Wildman–Crippen LogP) is 3.27. The molecule has 0 aromatic heterocycles. The van der Waals surface area contributed by atoms with Gasteiger partial charge in [0.05, 0.1) is 0 Å². The van der Waals surface area contributed by atoms with Crippen LogP contribution in [0.3, 0.4) is 0 Å². The van der Waals surface area contributed by atoms with Gasteiger partial charge in [-0.15, -0.1) is 24.0 Å². The first kappa shape index (κ1) is 22.2. The van der Waals surface area contributed by atoms with Gasteiger partial charge < -0.3 is 15.5 Å². The van der Waals surface area contributed by atoms with E-state index in [1.165, 1.54) is 51.0 Å². The van der Waals surface area contributed by atoms with Gasteiger partial charge in [0.1, 0.15) is 5.82 Å². The van der Waals surface area contributed by atoms with E-state index in [-0.39, 0.29) is 29.8 Å². The molecule has 0 saturated carbocycles. The lowest BCUT2D eigenvalue weighted by atomic mass is 9.97. The normalized spacial score (nSPS) is 16.4. The lowest BCUT2D eigenvalue weighted by molar-refractivity contribution is 0.185. The van der Waals surface area contributed by atoms with Crippen LogP contribution < -0.4 is 10.6 Å². The number of guanidine groups is 1. The molecule has 0 spiro atoms. The summed E-state index contributed by atoms with van der Waals surface area (Å²) in [6.45, 7) is 7.69. The molecule has 1 aliphatic rings. The van der Waals surface area contributed by atoms with E-state index in [9.17, 15) is 4.39 Å². The van der Waals surface area contributed by atoms with Crippen molar-refractivity contribution in [3.63, 3.8) is 0 Å². The second kappa shape index (κ2) is 12.5. The first-order valence-electron chi connectivity index (χ1n) is 9.12. The third-order valence-corrected chi connectivity index (χ3v) is 4.65. The van der Waals surface area contributed by atoms with Gasteiger partial charge in [0.15, 0.2) is 5.96 Å². The molecule has 25 heavy (non-hydrogen) atoms. The third kappa shape index (κ3) is 8.35. The maximum absolute atomic E-state index is 12.9. The Morgan fingerprint density at radius 3 is 2.48 bits per heavy atom. The van der Waals surface area contributed by atoms with Crippen LogP contribution in [0.4, 0.5) is 4.39 Å². The van der Waals surface area contributed by atoms with Gasteiger partial charge in [-0.3, -0.25) is 4.99 Å². The minimum Gasteiger partial charge on any atom is -0.356 e. The summed E-state index contributed by atoms with van der Waals surface area (Å²) >= 11 is 0. The number of halogens is 2. The van der Waals surface area contributed by atoms with E-state index in [2.05, 4.69) is 27.4 Å². The second-order valence-electron chi connectivity index (χ2n) is 6.54. The topological polar surface area (TPSA) is 39.7 Å². The van der Waals surface area contributed by atoms with Crippen LogP contribution in [0, 0.1) is 11.7 Å². The number of rotatable bonds is 7. The zero-order valence-corrected chi connectivity index (χ0v) is 17.8. The molecule has 2 rings (SSSR count). The number of piperidine rings is 1. The molecule has 0 atom stereocenters. The van der Waals surface area contributed by atoms with Crippen molar-refractivity contribution in [2.45, 2.75) is 32.6 Å². The summed E-state index contributed by atoms with van der Waals surface area (Å²) in [6, 6.07) is 6.68. The molecule has 2 N–H and O–H groups in total. The number of hydrogen-bond donors (Lipinski definition) is 2. The molecule has 1 aliphatic heterocycles. The number of benzene rings is 1. The Balaban J connectivity index is 0.00000312. The molecule has 0 unspecified atom stereocenters. The molecule has 6 heteroatoms. The monoisotopic (exact) mass is 462 g/mol. The highest BCUT2D eigenvalue weighted by molar-refractivity contribution is 14.0. The average molecular weight is 462 g/mol. The smallest absolute Gasteiger partial charge is 0.190 e. The minimum atomic E-state index is -0.186. The Morgan fingerprint density at radius 1 is 1.20 bits per heavy atom. The van der Waals surface area contributed by atoms with Gasteiger partial charge in [-0.05, 0) is 68.9 Å². The molecule has 0 amide bonds. The van der Waals surface area contributed by atoms with Gasteiger partial charge in [0, 0.05) is 20.1 Å². The number of aliphatic imine (C=N–C) groups is 1. The van der Waals surface area contributed by atoms with Crippen LogP contribution >= 0.6 is 24.0 Å². The molecule has 4 nitrogen and oxygen atoms in total. The molecule has 1 aromatic rings. The summed E-state index contributed by atoms with van der Waals surface area (Å²) in [5, 5.41) is 6.78. The van der Waals surface area contributed by atoms with Gasteiger partial charge in [-0.2, -0.15) is 0 Å². The van der Waals surface area contributed by atoms with E-state index >= 15 is 0 Å². The van der Waals surface area contributed by atoms with E-state index in [1.807, 2.05) is 12.1 Å². The van der Waals surface area contributed by atoms with Crippen molar-refractivity contribution in [1.82, 2.24) is 15.5 Å². The Bertz CT molecular complexity index is 499. The molecule has 1 heterocycles. The summed E-state index contributed by atoms with van der Waals surface area (Å²) in [5.74, 6) is 1.40. The minimum absolute atomic E-state index is 0. The highest BCUT2D eigenvalue weighted by Crippen LogP contribution is 2.16. The largest absolute Gasteiger partial charge is 0.356 e. The van der Waals surface area contributed by atoms with Crippen LogP contribution in [-0.2, 0) is 6.42 Å². The van der Waals surface area contributed by atoms with Crippen molar-refractivity contribution in [1.29, 1.82) is 0 Å². The molecule has 0 radical (unpaired) electrons. The molecule has 0 bridgehead atoms. The summed E-state index contributed by atoms with van der Waals surface area (Å²) in [5.41, 5.74) is 1.13. The maximum Gasteiger partial charge on any atom is 0.190 e. The molecule has 1 saturated heterocycles. The SMILES string of the molecule is CCCN1CCC(CNC(=NC)NCCc2ccc(F)cc2)CC1.I. The predicted molar refractivity (Wildman–Crippen MR) is 114 cm³/mol. The van der Waals surface area contributed by atoms with E-state index in [4.69, 9.17) is 0 Å². The van der Waals surface area contributed by atoms with Crippen molar-refractivity contribution in [2.24, 2.45) is 10.9 Å². The first-order chi connectivity index (χ1) is 11.7. The van der Waals surface area contributed by atoms with Crippen molar-refractivity contribution in [3.05, 3.63) is 35.6 Å². The zero-order valence-electron chi connectivity index (χ0n) is 15.4. The van der Waals surface area contributed by atoms with Crippen LogP contribution in [0.1, 0.15) is 31.7 Å². The summed E-state index contributed by atoms with van der Waals surface area (Å²) in [4.78, 5) is 6.85. The van der Waals surface area contributed by atoms with Gasteiger partial charge in [-0.1, -0.05) is 19.1 Å². The summed E-state index contributed by atoms with van der Waals surface area (Å²) in [6.07, 6.45) is 4.63. The third-order valence-electron chi connectivity index (χ3n) is 4.65. The maximum atomic E-state index is 12.9. The van der Waals surface area contributed by atoms with Crippen LogP contribution in [0.15, 0.2) is 29.3 Å². The molecular formula is C19H32FIN4. The van der Waals surface area contributed by atoms with E-state index in [1.54, 1.807) is 7.05 Å². The van der Waals surface area contributed by atoms with Gasteiger partial charge >= 0.3 is 0 Å². The fourth-order valence-electron chi connectivity index (χ4n) is 3.17. The Kier molecular flexibility index (Phi) is 11.0. The number of hydrogen-bond acceptors (Lipinski definition) is 2. The van der Waals surface area contributed by atoms with Gasteiger partial charge in [0.25, 0.3) is 0 Å². The molecular weight excluding hydrogens is 430 g/mol. The van der Waals surface area contributed by atoms with Crippen LogP contribution in [-0.4, -0.2) is 50.6 Å². The number of nitrogens with one attached hydrogen (secondary N) is 2. The first-order valence-corrected chi connectivity index (χ1v) is 9.12. The zero-order chi connectivity index (χ0) is 17.2. The van der Waals surface area contributed by atoms with Gasteiger partial charge in [0.2, 0.25) is 0 Å². The molecule has 1 aromatic carbocycles. The van der Waals surface area contributed by atoms with Crippen LogP contribution in [0.5, 0.6) is 0 Å². The van der Waals surface area contributed by atoms with E-state index in [0.29, 0.717) is 0 Å². The lowest BCUT2D eigenvalue weighted by Gasteiger charge is -2.32. The van der Waals surface area contributed by atoms with Gasteiger partial charge in [-0.25, -0.2) is 4.39 Å². The van der Waals surface area contributed by atoms with Crippen molar-refractivity contribution in [2.75, 3.05) is 39.8 Å². The van der Waals surface area contributed by atoms with E-state index < -0.39 is 0 Å². The number of nitrogens with zero attached hydrogens (tertiary/aromatic N) is 2. The Morgan fingerprint density at radius 2 is 1.88 bits per heavy atom. The Labute approximate surface area is 168 Å². The van der Waals surface area contributed by atoms with E-state index in [0.717, 1.165) is 37.0 Å². The standard InChI is InChI=1S/C19H31FN4.HI/c1-3-12-24-13-9-17(10-14-24)15-23-19(21-2)22-11-8-16-4-6-18(20)7-5-16;/h4-7,17H,3,8-15H2,1-2H3,(H2,21,22,23);1H. The summed E-state index contributed by atoms with van der Waals surface area (Å²) < 4.78 is 12.9. The quantitative estimate of drug-likeness (QED) is 0.371. The Hall–Kier alpha value is -0.890. The molecule has 142 valence electrons. The number of likely N-dealkylation sites (tertiary alicyclic amines) is 1. The van der Waals surface area contributed by atoms with Crippen molar-refractivity contribution >= 4 is 29.9 Å². The highest BCUT2D eigenvalue weighted by Gasteiger charge is 2.18. The average Bonchev–Trinajstić information content (AvgIpc) is 2.61. The highest BCUT2D eigenvalue weighted by atomic mass is 127. The lowest BCUT2D eigenvalue weighted by Crippen LogP contribution is -2.43. The molecule has 1 fully saturated rings. The van der Waals surface area contributed by atoms with Crippen LogP contribution in [0.2, 0.25) is 0 Å². The van der Waals surface area contributed by atoms with Crippen molar-refractivity contribution in [3.8, 4) is 0 Å². The summed E-state index contributed by atoms with van der Waals surface area (Å²) in [7, 11) is 1.80. The fraction of sp³-hybridized carbons (Fsp3) is 0.632. The van der Waals surface area contributed by atoms with Crippen LogP contribution in [0.25, 0.3) is 0 Å². The van der Waals surface area contributed by atoms with Crippen molar-refractivity contribution < 1.29 is 4.39 Å². The fourth-order valence-corrected chi connectivity index (χ4v) is 3.17. The molecule has 0 aliphatic carbocycles. The second-order valence-corrected chi connectivity index (χ2v) is 6.54.